The minimum atomic E-state index is -0.796. The van der Waals surface area contributed by atoms with Crippen molar-refractivity contribution in [2.24, 2.45) is 0 Å². The summed E-state index contributed by atoms with van der Waals surface area (Å²) >= 11 is 0. The lowest BCUT2D eigenvalue weighted by Crippen LogP contribution is -2.44. The van der Waals surface area contributed by atoms with Crippen molar-refractivity contribution < 1.29 is 23.8 Å². The van der Waals surface area contributed by atoms with Gasteiger partial charge in [0.2, 0.25) is 5.75 Å². The lowest BCUT2D eigenvalue weighted by molar-refractivity contribution is -0.608. The second kappa shape index (κ2) is 9.30. The number of carbonyl (C=O) groups excluding carboxylic acids is 2. The van der Waals surface area contributed by atoms with Gasteiger partial charge in [-0.15, -0.1) is 0 Å². The van der Waals surface area contributed by atoms with E-state index in [1.807, 2.05) is 0 Å². The van der Waals surface area contributed by atoms with E-state index < -0.39 is 40.7 Å². The Balaban J connectivity index is 1.64. The lowest BCUT2D eigenvalue weighted by atomic mass is 10.0. The van der Waals surface area contributed by atoms with Crippen molar-refractivity contribution in [1.29, 1.82) is 0 Å². The zero-order chi connectivity index (χ0) is 24.4. The first kappa shape index (κ1) is 22.9. The standard InChI is InChI=1S/C23H22FN5O5/c1-27(22(32)17-5-2-3-12-29(17)34)16-6-4-11-28-20(16)26-18(19(30)23(28)33)21(31)25-13-14-7-9-15(24)10-8-14/h2-3,5,7-10,12,16,30H,4,6,11,13H2,1H3,(H,25,31). The van der Waals surface area contributed by atoms with Gasteiger partial charge in [0, 0.05) is 32.3 Å². The average molecular weight is 467 g/mol. The first-order chi connectivity index (χ1) is 16.3. The summed E-state index contributed by atoms with van der Waals surface area (Å²) in [5, 5.41) is 25.0. The minimum absolute atomic E-state index is 0.0258. The van der Waals surface area contributed by atoms with Crippen LogP contribution in [-0.4, -0.2) is 38.4 Å². The predicted molar refractivity (Wildman–Crippen MR) is 117 cm³/mol. The van der Waals surface area contributed by atoms with Crippen molar-refractivity contribution in [1.82, 2.24) is 19.8 Å². The molecule has 0 fully saturated rings. The van der Waals surface area contributed by atoms with Gasteiger partial charge in [0.15, 0.2) is 11.9 Å². The quantitative estimate of drug-likeness (QED) is 0.429. The van der Waals surface area contributed by atoms with Crippen molar-refractivity contribution in [2.45, 2.75) is 32.0 Å². The molecule has 10 nitrogen and oxygen atoms in total. The smallest absolute Gasteiger partial charge is 0.320 e. The van der Waals surface area contributed by atoms with Crippen molar-refractivity contribution in [3.05, 3.63) is 92.8 Å². The van der Waals surface area contributed by atoms with Crippen molar-refractivity contribution in [2.75, 3.05) is 7.05 Å². The highest BCUT2D eigenvalue weighted by molar-refractivity contribution is 5.94. The van der Waals surface area contributed by atoms with Crippen LogP contribution in [-0.2, 0) is 13.1 Å². The summed E-state index contributed by atoms with van der Waals surface area (Å²) in [6, 6.07) is 9.24. The monoisotopic (exact) mass is 467 g/mol. The number of aromatic hydroxyl groups is 1. The van der Waals surface area contributed by atoms with Crippen molar-refractivity contribution in [3.63, 3.8) is 0 Å². The number of fused-ring (bicyclic) bond motifs is 1. The molecule has 0 aliphatic carbocycles. The number of nitrogens with one attached hydrogen (secondary N) is 1. The molecule has 2 amide bonds. The molecule has 1 aliphatic heterocycles. The fourth-order valence-corrected chi connectivity index (χ4v) is 3.91. The van der Waals surface area contributed by atoms with Crippen molar-refractivity contribution >= 4 is 11.8 Å². The molecule has 0 spiro atoms. The van der Waals surface area contributed by atoms with E-state index in [4.69, 9.17) is 0 Å². The lowest BCUT2D eigenvalue weighted by Gasteiger charge is -2.32. The Labute approximate surface area is 193 Å². The van der Waals surface area contributed by atoms with Crippen LogP contribution in [0.25, 0.3) is 0 Å². The molecule has 0 radical (unpaired) electrons. The number of pyridine rings is 1. The predicted octanol–water partition coefficient (Wildman–Crippen LogP) is 1.26. The van der Waals surface area contributed by atoms with Crippen LogP contribution in [0.3, 0.4) is 0 Å². The maximum atomic E-state index is 13.1. The number of carbonyl (C=O) groups is 2. The fraction of sp³-hybridized carbons (Fsp3) is 0.261. The molecule has 0 saturated carbocycles. The number of amides is 2. The summed E-state index contributed by atoms with van der Waals surface area (Å²) < 4.78 is 14.8. The number of hydrogen-bond donors (Lipinski definition) is 2. The average Bonchev–Trinajstić information content (AvgIpc) is 2.84. The SMILES string of the molecule is CN(C(=O)c1cccc[n+]1[O-])C1CCCn2c1nc(C(=O)NCc1ccc(F)cc1)c(O)c2=O. The largest absolute Gasteiger partial charge is 0.618 e. The van der Waals surface area contributed by atoms with Gasteiger partial charge in [0.25, 0.3) is 17.2 Å². The topological polar surface area (TPSA) is 131 Å². The van der Waals surface area contributed by atoms with Gasteiger partial charge >= 0.3 is 5.91 Å². The summed E-state index contributed by atoms with van der Waals surface area (Å²) in [6.07, 6.45) is 2.18. The van der Waals surface area contributed by atoms with E-state index in [2.05, 4.69) is 10.3 Å². The molecule has 1 unspecified atom stereocenters. The van der Waals surface area contributed by atoms with Crippen LogP contribution in [0.1, 0.15) is 51.2 Å². The number of benzene rings is 1. The Morgan fingerprint density at radius 2 is 2.03 bits per heavy atom. The van der Waals surface area contributed by atoms with Gasteiger partial charge in [-0.2, -0.15) is 4.73 Å². The second-order valence-electron chi connectivity index (χ2n) is 7.92. The third-order valence-electron chi connectivity index (χ3n) is 5.74. The van der Waals surface area contributed by atoms with Crippen LogP contribution in [0.4, 0.5) is 4.39 Å². The molecule has 1 aliphatic rings. The molecular weight excluding hydrogens is 445 g/mol. The maximum absolute atomic E-state index is 13.1. The summed E-state index contributed by atoms with van der Waals surface area (Å²) in [5.74, 6) is -2.43. The second-order valence-corrected chi connectivity index (χ2v) is 7.92. The Morgan fingerprint density at radius 1 is 1.29 bits per heavy atom. The van der Waals surface area contributed by atoms with Crippen LogP contribution in [0.15, 0.2) is 53.5 Å². The van der Waals surface area contributed by atoms with Crippen LogP contribution < -0.4 is 15.6 Å². The zero-order valence-corrected chi connectivity index (χ0v) is 18.3. The maximum Gasteiger partial charge on any atom is 0.320 e. The van der Waals surface area contributed by atoms with Crippen molar-refractivity contribution in [3.8, 4) is 5.75 Å². The molecule has 1 atom stereocenters. The van der Waals surface area contributed by atoms with Gasteiger partial charge in [-0.1, -0.05) is 12.1 Å². The number of nitrogens with zero attached hydrogens (tertiary/aromatic N) is 4. The van der Waals surface area contributed by atoms with Gasteiger partial charge < -0.3 is 20.5 Å². The van der Waals surface area contributed by atoms with Gasteiger partial charge in [-0.05, 0) is 36.6 Å². The number of halogens is 1. The fourth-order valence-electron chi connectivity index (χ4n) is 3.91. The van der Waals surface area contributed by atoms with E-state index in [0.717, 1.165) is 0 Å². The molecule has 3 heterocycles. The summed E-state index contributed by atoms with van der Waals surface area (Å²) in [6.45, 7) is 0.287. The number of rotatable bonds is 5. The summed E-state index contributed by atoms with van der Waals surface area (Å²) in [7, 11) is 1.49. The Hall–Kier alpha value is -4.28. The Bertz CT molecular complexity index is 1310. The van der Waals surface area contributed by atoms with E-state index in [0.29, 0.717) is 23.1 Å². The Morgan fingerprint density at radius 3 is 2.74 bits per heavy atom. The first-order valence-corrected chi connectivity index (χ1v) is 10.6. The van der Waals surface area contributed by atoms with E-state index in [-0.39, 0.29) is 24.6 Å². The molecule has 0 saturated heterocycles. The molecule has 34 heavy (non-hydrogen) atoms. The minimum Gasteiger partial charge on any atom is -0.618 e. The molecule has 3 aromatic rings. The molecule has 2 N–H and O–H groups in total. The van der Waals surface area contributed by atoms with Gasteiger partial charge in [-0.25, -0.2) is 9.37 Å². The normalized spacial score (nSPS) is 14.8. The van der Waals surface area contributed by atoms with Gasteiger partial charge in [-0.3, -0.25) is 19.0 Å². The van der Waals surface area contributed by atoms with Crippen LogP contribution in [0.5, 0.6) is 5.75 Å². The molecule has 4 rings (SSSR count). The summed E-state index contributed by atoms with van der Waals surface area (Å²) in [5.41, 5.74) is -0.743. The van der Waals surface area contributed by atoms with E-state index in [1.165, 1.54) is 59.1 Å². The third-order valence-corrected chi connectivity index (χ3v) is 5.74. The highest BCUT2D eigenvalue weighted by atomic mass is 19.1. The molecule has 11 heteroatoms. The van der Waals surface area contributed by atoms with Crippen LogP contribution >= 0.6 is 0 Å². The molecule has 176 valence electrons. The Kier molecular flexibility index (Phi) is 6.26. The molecule has 1 aromatic carbocycles. The van der Waals surface area contributed by atoms with E-state index in [9.17, 15) is 29.1 Å². The molecule has 2 aromatic heterocycles. The molecule has 0 bridgehead atoms. The third kappa shape index (κ3) is 4.32. The van der Waals surface area contributed by atoms with Crippen LogP contribution in [0.2, 0.25) is 0 Å². The van der Waals surface area contributed by atoms with Gasteiger partial charge in [0.1, 0.15) is 11.6 Å². The molecular formula is C23H22FN5O5. The highest BCUT2D eigenvalue weighted by Crippen LogP contribution is 2.29. The van der Waals surface area contributed by atoms with Crippen LogP contribution in [0, 0.1) is 11.0 Å². The zero-order valence-electron chi connectivity index (χ0n) is 18.3. The number of hydrogen-bond acceptors (Lipinski definition) is 6. The number of aromatic nitrogens is 3. The van der Waals surface area contributed by atoms with E-state index >= 15 is 0 Å². The highest BCUT2D eigenvalue weighted by Gasteiger charge is 2.34. The van der Waals surface area contributed by atoms with Gasteiger partial charge in [0.05, 0.1) is 6.04 Å². The summed E-state index contributed by atoms with van der Waals surface area (Å²) in [4.78, 5) is 44.1. The first-order valence-electron chi connectivity index (χ1n) is 10.6. The van der Waals surface area contributed by atoms with E-state index in [1.54, 1.807) is 6.07 Å².